The summed E-state index contributed by atoms with van der Waals surface area (Å²) in [5.41, 5.74) is 1.98. The summed E-state index contributed by atoms with van der Waals surface area (Å²) in [6, 6.07) is 1.79. The Labute approximate surface area is 190 Å². The van der Waals surface area contributed by atoms with Crippen molar-refractivity contribution in [2.45, 2.75) is 25.9 Å². The van der Waals surface area contributed by atoms with Gasteiger partial charge >= 0.3 is 0 Å². The highest BCUT2D eigenvalue weighted by Gasteiger charge is 2.26. The van der Waals surface area contributed by atoms with Crippen LogP contribution in [-0.2, 0) is 13.1 Å². The van der Waals surface area contributed by atoms with E-state index < -0.39 is 5.82 Å². The summed E-state index contributed by atoms with van der Waals surface area (Å²) in [6.45, 7) is 1.87. The predicted molar refractivity (Wildman–Crippen MR) is 118 cm³/mol. The van der Waals surface area contributed by atoms with Crippen LogP contribution in [0.1, 0.15) is 29.0 Å². The first-order valence-corrected chi connectivity index (χ1v) is 10.8. The number of carbonyl (C=O) groups is 1. The monoisotopic (exact) mass is 514 g/mol. The van der Waals surface area contributed by atoms with Crippen LogP contribution in [0, 0.1) is 5.82 Å². The molecule has 1 amide bonds. The number of aryl methyl sites for hydroxylation is 1. The fourth-order valence-electron chi connectivity index (χ4n) is 3.57. The van der Waals surface area contributed by atoms with Crippen molar-refractivity contribution in [1.82, 2.24) is 24.6 Å². The number of halogens is 4. The van der Waals surface area contributed by atoms with Gasteiger partial charge in [-0.05, 0) is 46.4 Å². The van der Waals surface area contributed by atoms with E-state index in [-0.39, 0.29) is 26.2 Å². The molecule has 0 fully saturated rings. The molecule has 2 aromatic heterocycles. The number of anilines is 1. The molecule has 3 aromatic rings. The minimum absolute atomic E-state index is 0.0424. The van der Waals surface area contributed by atoms with Crippen molar-refractivity contribution in [3.63, 3.8) is 0 Å². The fourth-order valence-corrected chi connectivity index (χ4v) is 4.39. The zero-order valence-electron chi connectivity index (χ0n) is 16.3. The third-order valence-corrected chi connectivity index (χ3v) is 6.54. The van der Waals surface area contributed by atoms with Gasteiger partial charge < -0.3 is 9.80 Å². The molecule has 4 rings (SSSR count). The summed E-state index contributed by atoms with van der Waals surface area (Å²) >= 11 is 15.7. The molecular formula is C19H18BrCl2FN6O. The van der Waals surface area contributed by atoms with E-state index in [9.17, 15) is 9.18 Å². The molecule has 0 atom stereocenters. The summed E-state index contributed by atoms with van der Waals surface area (Å²) in [5.74, 6) is -0.740. The molecule has 1 aliphatic rings. The standard InChI is InChI=1S/C19H18BrCl2FN6O/c1-27(2)18(30)12-7-10-9-28(5-3-4-6-29(10)26-12)17-11-8-24-19(22)25-16(11)15(23)13(20)14(17)21/h7-8H,3-6,9H2,1-2H3. The third-order valence-electron chi connectivity index (χ3n) is 5.02. The van der Waals surface area contributed by atoms with E-state index in [0.29, 0.717) is 29.9 Å². The lowest BCUT2D eigenvalue weighted by Gasteiger charge is -2.29. The van der Waals surface area contributed by atoms with Gasteiger partial charge in [0.25, 0.3) is 5.91 Å². The van der Waals surface area contributed by atoms with Crippen molar-refractivity contribution in [3.8, 4) is 0 Å². The summed E-state index contributed by atoms with van der Waals surface area (Å²) in [4.78, 5) is 24.0. The Hall–Kier alpha value is -1.97. The molecule has 0 spiro atoms. The van der Waals surface area contributed by atoms with Gasteiger partial charge in [-0.15, -0.1) is 0 Å². The molecule has 7 nitrogen and oxygen atoms in total. The minimum atomic E-state index is -0.584. The highest BCUT2D eigenvalue weighted by Crippen LogP contribution is 2.42. The van der Waals surface area contributed by atoms with Crippen LogP contribution >= 0.6 is 39.1 Å². The average Bonchev–Trinajstić information content (AvgIpc) is 3.08. The van der Waals surface area contributed by atoms with Crippen molar-refractivity contribution in [2.24, 2.45) is 0 Å². The zero-order chi connectivity index (χ0) is 21.6. The molecule has 0 saturated heterocycles. The Kier molecular flexibility index (Phi) is 5.87. The van der Waals surface area contributed by atoms with Crippen molar-refractivity contribution in [2.75, 3.05) is 25.5 Å². The molecule has 0 bridgehead atoms. The average molecular weight is 516 g/mol. The summed E-state index contributed by atoms with van der Waals surface area (Å²) in [6.07, 6.45) is 3.23. The van der Waals surface area contributed by atoms with E-state index in [2.05, 4.69) is 31.0 Å². The van der Waals surface area contributed by atoms with Gasteiger partial charge in [-0.2, -0.15) is 5.10 Å². The molecule has 0 unspecified atom stereocenters. The lowest BCUT2D eigenvalue weighted by atomic mass is 10.1. The van der Waals surface area contributed by atoms with Gasteiger partial charge in [0, 0.05) is 38.8 Å². The van der Waals surface area contributed by atoms with Crippen molar-refractivity contribution in [1.29, 1.82) is 0 Å². The van der Waals surface area contributed by atoms with Gasteiger partial charge in [-0.1, -0.05) is 11.6 Å². The van der Waals surface area contributed by atoms with Crippen molar-refractivity contribution >= 4 is 61.6 Å². The van der Waals surface area contributed by atoms with Crippen LogP contribution in [-0.4, -0.2) is 51.2 Å². The smallest absolute Gasteiger partial charge is 0.273 e. The molecule has 1 aliphatic heterocycles. The Bertz CT molecular complexity index is 1150. The number of rotatable bonds is 2. The first-order valence-electron chi connectivity index (χ1n) is 9.30. The van der Waals surface area contributed by atoms with Crippen LogP contribution in [0.3, 0.4) is 0 Å². The van der Waals surface area contributed by atoms with Gasteiger partial charge in [-0.3, -0.25) is 9.48 Å². The van der Waals surface area contributed by atoms with Crippen LogP contribution in [0.5, 0.6) is 0 Å². The summed E-state index contributed by atoms with van der Waals surface area (Å²) < 4.78 is 16.8. The number of amides is 1. The molecule has 1 aromatic carbocycles. The maximum absolute atomic E-state index is 14.8. The normalized spacial score (nSPS) is 14.4. The first kappa shape index (κ1) is 21.3. The maximum atomic E-state index is 14.8. The van der Waals surface area contributed by atoms with Crippen molar-refractivity contribution in [3.05, 3.63) is 44.2 Å². The number of benzene rings is 1. The molecule has 11 heteroatoms. The van der Waals surface area contributed by atoms with Gasteiger partial charge in [0.2, 0.25) is 5.28 Å². The van der Waals surface area contributed by atoms with E-state index in [1.165, 1.54) is 11.1 Å². The molecule has 0 radical (unpaired) electrons. The minimum Gasteiger partial charge on any atom is -0.364 e. The lowest BCUT2D eigenvalue weighted by Crippen LogP contribution is -2.28. The van der Waals surface area contributed by atoms with E-state index in [0.717, 1.165) is 25.1 Å². The Morgan fingerprint density at radius 2 is 2.00 bits per heavy atom. The molecule has 3 heterocycles. The highest BCUT2D eigenvalue weighted by molar-refractivity contribution is 9.10. The predicted octanol–water partition coefficient (Wildman–Crippen LogP) is 4.54. The van der Waals surface area contributed by atoms with Crippen LogP contribution in [0.4, 0.5) is 10.1 Å². The topological polar surface area (TPSA) is 67.2 Å². The molecule has 158 valence electrons. The van der Waals surface area contributed by atoms with Crippen LogP contribution in [0.25, 0.3) is 10.9 Å². The quantitative estimate of drug-likeness (QED) is 0.370. The second-order valence-electron chi connectivity index (χ2n) is 7.26. The van der Waals surface area contributed by atoms with Gasteiger partial charge in [0.05, 0.1) is 27.4 Å². The van der Waals surface area contributed by atoms with Gasteiger partial charge in [0.15, 0.2) is 11.5 Å². The SMILES string of the molecule is CN(C)C(=O)c1cc2n(n1)CCCCN(c1c(Cl)c(Br)c(F)c3nc(Cl)ncc13)C2. The number of nitrogens with zero attached hydrogens (tertiary/aromatic N) is 6. The Morgan fingerprint density at radius 1 is 1.27 bits per heavy atom. The lowest BCUT2D eigenvalue weighted by molar-refractivity contribution is 0.0821. The molecule has 0 saturated carbocycles. The highest BCUT2D eigenvalue weighted by atomic mass is 79.9. The second kappa shape index (κ2) is 8.28. The Balaban J connectivity index is 1.83. The zero-order valence-corrected chi connectivity index (χ0v) is 19.4. The first-order chi connectivity index (χ1) is 14.3. The number of carbonyl (C=O) groups excluding carboxylic acids is 1. The van der Waals surface area contributed by atoms with E-state index in [4.69, 9.17) is 23.2 Å². The second-order valence-corrected chi connectivity index (χ2v) is 8.77. The van der Waals surface area contributed by atoms with Crippen LogP contribution in [0.15, 0.2) is 16.7 Å². The van der Waals surface area contributed by atoms with Crippen molar-refractivity contribution < 1.29 is 9.18 Å². The number of hydrogen-bond donors (Lipinski definition) is 0. The molecule has 0 aliphatic carbocycles. The third kappa shape index (κ3) is 3.74. The summed E-state index contributed by atoms with van der Waals surface area (Å²) in [7, 11) is 3.39. The fraction of sp³-hybridized carbons (Fsp3) is 0.368. The molecular weight excluding hydrogens is 498 g/mol. The van der Waals surface area contributed by atoms with E-state index in [1.54, 1.807) is 20.2 Å². The van der Waals surface area contributed by atoms with E-state index in [1.807, 2.05) is 9.58 Å². The largest absolute Gasteiger partial charge is 0.364 e. The van der Waals surface area contributed by atoms with E-state index >= 15 is 0 Å². The Morgan fingerprint density at radius 3 is 2.73 bits per heavy atom. The molecule has 0 N–H and O–H groups in total. The number of hydrogen-bond acceptors (Lipinski definition) is 5. The molecule has 30 heavy (non-hydrogen) atoms. The number of fused-ring (bicyclic) bond motifs is 2. The van der Waals surface area contributed by atoms with Crippen LogP contribution < -0.4 is 4.90 Å². The maximum Gasteiger partial charge on any atom is 0.273 e. The van der Waals surface area contributed by atoms with Gasteiger partial charge in [-0.25, -0.2) is 14.4 Å². The summed E-state index contributed by atoms with van der Waals surface area (Å²) in [5, 5.41) is 5.15. The van der Waals surface area contributed by atoms with Gasteiger partial charge in [0.1, 0.15) is 5.52 Å². The van der Waals surface area contributed by atoms with Crippen LogP contribution in [0.2, 0.25) is 10.3 Å². The number of aromatic nitrogens is 4.